The Morgan fingerprint density at radius 3 is 2.90 bits per heavy atom. The number of carbonyl (C=O) groups is 1. The SMILES string of the molecule is CCOC(=O)C(CC(C)C)c1nc(-c2ncn[nH]2)no1. The Labute approximate surface area is 115 Å². The average molecular weight is 279 g/mol. The normalized spacial score (nSPS) is 12.6. The van der Waals surface area contributed by atoms with Crippen molar-refractivity contribution in [1.29, 1.82) is 0 Å². The van der Waals surface area contributed by atoms with Gasteiger partial charge in [0, 0.05) is 0 Å². The summed E-state index contributed by atoms with van der Waals surface area (Å²) in [5.74, 6) is 0.296. The third-order valence-corrected chi connectivity index (χ3v) is 2.64. The molecule has 0 spiro atoms. The molecule has 0 aromatic carbocycles. The fourth-order valence-electron chi connectivity index (χ4n) is 1.80. The fraction of sp³-hybridized carbons (Fsp3) is 0.583. The molecule has 0 bridgehead atoms. The highest BCUT2D eigenvalue weighted by molar-refractivity contribution is 5.76. The molecule has 0 saturated heterocycles. The van der Waals surface area contributed by atoms with Crippen LogP contribution in [0.15, 0.2) is 10.9 Å². The van der Waals surface area contributed by atoms with Crippen LogP contribution in [0.4, 0.5) is 0 Å². The molecule has 0 amide bonds. The van der Waals surface area contributed by atoms with Crippen LogP contribution < -0.4 is 0 Å². The van der Waals surface area contributed by atoms with Gasteiger partial charge in [-0.1, -0.05) is 19.0 Å². The number of carbonyl (C=O) groups excluding carboxylic acids is 1. The Kier molecular flexibility index (Phi) is 4.44. The number of ether oxygens (including phenoxy) is 1. The summed E-state index contributed by atoms with van der Waals surface area (Å²) in [6, 6.07) is 0. The first-order valence-corrected chi connectivity index (χ1v) is 6.47. The molecule has 108 valence electrons. The quantitative estimate of drug-likeness (QED) is 0.799. The van der Waals surface area contributed by atoms with Crippen LogP contribution in [0, 0.1) is 5.92 Å². The van der Waals surface area contributed by atoms with Gasteiger partial charge in [-0.3, -0.25) is 9.89 Å². The molecule has 2 rings (SSSR count). The summed E-state index contributed by atoms with van der Waals surface area (Å²) >= 11 is 0. The number of rotatable bonds is 6. The monoisotopic (exact) mass is 279 g/mol. The van der Waals surface area contributed by atoms with Crippen LogP contribution in [0.25, 0.3) is 11.6 Å². The first-order chi connectivity index (χ1) is 9.61. The van der Waals surface area contributed by atoms with E-state index in [1.165, 1.54) is 6.33 Å². The number of hydrogen-bond acceptors (Lipinski definition) is 7. The van der Waals surface area contributed by atoms with Gasteiger partial charge in [-0.2, -0.15) is 10.1 Å². The van der Waals surface area contributed by atoms with Crippen molar-refractivity contribution in [3.8, 4) is 11.6 Å². The second-order valence-corrected chi connectivity index (χ2v) is 4.72. The maximum Gasteiger partial charge on any atom is 0.318 e. The molecule has 1 unspecified atom stereocenters. The number of aromatic nitrogens is 5. The van der Waals surface area contributed by atoms with Crippen LogP contribution in [0.1, 0.15) is 39.0 Å². The largest absolute Gasteiger partial charge is 0.465 e. The van der Waals surface area contributed by atoms with Crippen LogP contribution in [0.3, 0.4) is 0 Å². The Hall–Kier alpha value is -2.25. The molecular weight excluding hydrogens is 262 g/mol. The second-order valence-electron chi connectivity index (χ2n) is 4.72. The summed E-state index contributed by atoms with van der Waals surface area (Å²) in [4.78, 5) is 20.1. The van der Waals surface area contributed by atoms with Crippen molar-refractivity contribution in [2.75, 3.05) is 6.61 Å². The Bertz CT molecular complexity index is 549. The van der Waals surface area contributed by atoms with Gasteiger partial charge >= 0.3 is 5.97 Å². The molecule has 0 aliphatic rings. The van der Waals surface area contributed by atoms with Gasteiger partial charge < -0.3 is 9.26 Å². The first-order valence-electron chi connectivity index (χ1n) is 6.47. The second kappa shape index (κ2) is 6.27. The van der Waals surface area contributed by atoms with Crippen LogP contribution >= 0.6 is 0 Å². The maximum absolute atomic E-state index is 12.0. The summed E-state index contributed by atoms with van der Waals surface area (Å²) in [7, 11) is 0. The van der Waals surface area contributed by atoms with E-state index in [4.69, 9.17) is 9.26 Å². The van der Waals surface area contributed by atoms with Gasteiger partial charge in [-0.05, 0) is 19.3 Å². The molecule has 8 heteroatoms. The van der Waals surface area contributed by atoms with E-state index in [0.717, 1.165) is 0 Å². The molecule has 2 aromatic heterocycles. The fourth-order valence-corrected chi connectivity index (χ4v) is 1.80. The molecule has 2 aromatic rings. The standard InChI is InChI=1S/C12H17N5O3/c1-4-19-12(18)8(5-7(2)3)11-15-10(17-20-11)9-13-6-14-16-9/h6-8H,4-5H2,1-3H3,(H,13,14,16). The lowest BCUT2D eigenvalue weighted by Gasteiger charge is -2.13. The van der Waals surface area contributed by atoms with Gasteiger partial charge in [0.1, 0.15) is 12.2 Å². The van der Waals surface area contributed by atoms with Crippen molar-refractivity contribution in [3.05, 3.63) is 12.2 Å². The van der Waals surface area contributed by atoms with Crippen molar-refractivity contribution in [2.24, 2.45) is 5.92 Å². The lowest BCUT2D eigenvalue weighted by atomic mass is 9.97. The number of hydrogen-bond donors (Lipinski definition) is 1. The van der Waals surface area contributed by atoms with Gasteiger partial charge in [0.25, 0.3) is 0 Å². The molecule has 0 radical (unpaired) electrons. The highest BCUT2D eigenvalue weighted by Gasteiger charge is 2.29. The van der Waals surface area contributed by atoms with E-state index in [0.29, 0.717) is 24.8 Å². The molecule has 0 fully saturated rings. The van der Waals surface area contributed by atoms with Crippen LogP contribution in [0.2, 0.25) is 0 Å². The highest BCUT2D eigenvalue weighted by Crippen LogP contribution is 2.25. The van der Waals surface area contributed by atoms with Crippen molar-refractivity contribution in [2.45, 2.75) is 33.1 Å². The predicted molar refractivity (Wildman–Crippen MR) is 68.5 cm³/mol. The number of aromatic amines is 1. The molecule has 2 heterocycles. The number of nitrogens with zero attached hydrogens (tertiary/aromatic N) is 4. The zero-order valence-electron chi connectivity index (χ0n) is 11.7. The van der Waals surface area contributed by atoms with E-state index in [9.17, 15) is 4.79 Å². The van der Waals surface area contributed by atoms with E-state index in [1.807, 2.05) is 13.8 Å². The lowest BCUT2D eigenvalue weighted by Crippen LogP contribution is -2.18. The first kappa shape index (κ1) is 14.2. The summed E-state index contributed by atoms with van der Waals surface area (Å²) in [6.45, 7) is 6.11. The zero-order valence-corrected chi connectivity index (χ0v) is 11.7. The van der Waals surface area contributed by atoms with E-state index in [2.05, 4.69) is 25.3 Å². The summed E-state index contributed by atoms with van der Waals surface area (Å²) in [6.07, 6.45) is 1.93. The highest BCUT2D eigenvalue weighted by atomic mass is 16.5. The van der Waals surface area contributed by atoms with Crippen molar-refractivity contribution >= 4 is 5.97 Å². The molecule has 0 saturated carbocycles. The van der Waals surface area contributed by atoms with Crippen molar-refractivity contribution in [1.82, 2.24) is 25.3 Å². The van der Waals surface area contributed by atoms with E-state index < -0.39 is 5.92 Å². The van der Waals surface area contributed by atoms with Crippen LogP contribution in [-0.2, 0) is 9.53 Å². The third kappa shape index (κ3) is 3.19. The smallest absolute Gasteiger partial charge is 0.318 e. The Balaban J connectivity index is 2.22. The summed E-state index contributed by atoms with van der Waals surface area (Å²) in [5, 5.41) is 10.2. The number of H-pyrrole nitrogens is 1. The van der Waals surface area contributed by atoms with Gasteiger partial charge in [-0.15, -0.1) is 0 Å². The predicted octanol–water partition coefficient (Wildman–Crippen LogP) is 1.55. The van der Waals surface area contributed by atoms with Gasteiger partial charge in [0.05, 0.1) is 6.61 Å². The molecule has 0 aliphatic carbocycles. The van der Waals surface area contributed by atoms with Gasteiger partial charge in [-0.25, -0.2) is 4.98 Å². The van der Waals surface area contributed by atoms with Crippen LogP contribution in [-0.4, -0.2) is 37.9 Å². The minimum Gasteiger partial charge on any atom is -0.465 e. The van der Waals surface area contributed by atoms with E-state index in [-0.39, 0.29) is 17.7 Å². The van der Waals surface area contributed by atoms with Gasteiger partial charge in [0.15, 0.2) is 5.82 Å². The molecule has 1 N–H and O–H groups in total. The molecule has 1 atom stereocenters. The Morgan fingerprint density at radius 1 is 1.50 bits per heavy atom. The van der Waals surface area contributed by atoms with E-state index in [1.54, 1.807) is 6.92 Å². The maximum atomic E-state index is 12.0. The minimum atomic E-state index is -0.556. The molecule has 0 aliphatic heterocycles. The molecule has 8 nitrogen and oxygen atoms in total. The van der Waals surface area contributed by atoms with Crippen LogP contribution in [0.5, 0.6) is 0 Å². The topological polar surface area (TPSA) is 107 Å². The van der Waals surface area contributed by atoms with Crippen molar-refractivity contribution < 1.29 is 14.1 Å². The summed E-state index contributed by atoms with van der Waals surface area (Å²) < 4.78 is 10.2. The number of esters is 1. The minimum absolute atomic E-state index is 0.239. The Morgan fingerprint density at radius 2 is 2.30 bits per heavy atom. The number of nitrogens with one attached hydrogen (secondary N) is 1. The van der Waals surface area contributed by atoms with Gasteiger partial charge in [0.2, 0.25) is 11.7 Å². The lowest BCUT2D eigenvalue weighted by molar-refractivity contribution is -0.146. The molecule has 20 heavy (non-hydrogen) atoms. The van der Waals surface area contributed by atoms with Crippen molar-refractivity contribution in [3.63, 3.8) is 0 Å². The molecular formula is C12H17N5O3. The summed E-state index contributed by atoms with van der Waals surface area (Å²) in [5.41, 5.74) is 0. The third-order valence-electron chi connectivity index (χ3n) is 2.64. The average Bonchev–Trinajstić information content (AvgIpc) is 3.06. The van der Waals surface area contributed by atoms with E-state index >= 15 is 0 Å². The zero-order chi connectivity index (χ0) is 14.5.